The maximum atomic E-state index is 4.49. The van der Waals surface area contributed by atoms with Crippen LogP contribution >= 0.6 is 11.8 Å². The van der Waals surface area contributed by atoms with Crippen molar-refractivity contribution in [2.24, 2.45) is 0 Å². The van der Waals surface area contributed by atoms with E-state index in [0.29, 0.717) is 23.2 Å². The Morgan fingerprint density at radius 2 is 1.92 bits per heavy atom. The summed E-state index contributed by atoms with van der Waals surface area (Å²) < 4.78 is 3.55. The van der Waals surface area contributed by atoms with Crippen molar-refractivity contribution in [2.45, 2.75) is 31.3 Å². The third-order valence-corrected chi connectivity index (χ3v) is 4.54. The van der Waals surface area contributed by atoms with Crippen LogP contribution in [0.4, 0.5) is 0 Å². The van der Waals surface area contributed by atoms with Gasteiger partial charge in [-0.1, -0.05) is 42.1 Å². The van der Waals surface area contributed by atoms with E-state index in [0.717, 1.165) is 22.8 Å². The highest BCUT2D eigenvalue weighted by Crippen LogP contribution is 2.19. The van der Waals surface area contributed by atoms with Gasteiger partial charge in [-0.25, -0.2) is 14.2 Å². The number of hydrogen-bond acceptors (Lipinski definition) is 7. The van der Waals surface area contributed by atoms with E-state index in [2.05, 4.69) is 42.7 Å². The van der Waals surface area contributed by atoms with Gasteiger partial charge in [0.1, 0.15) is 0 Å². The number of rotatable bonds is 5. The molecule has 0 radical (unpaired) electrons. The SMILES string of the molecule is Cc1cc(C)n2nc(SCc3nnnn3Cc3ccccc3)nc2n1. The van der Waals surface area contributed by atoms with Gasteiger partial charge in [0.15, 0.2) is 5.82 Å². The van der Waals surface area contributed by atoms with Crippen LogP contribution in [0.25, 0.3) is 5.78 Å². The molecule has 0 saturated carbocycles. The number of aromatic nitrogens is 8. The normalized spacial score (nSPS) is 11.3. The predicted molar refractivity (Wildman–Crippen MR) is 93.2 cm³/mol. The van der Waals surface area contributed by atoms with Crippen LogP contribution in [0.1, 0.15) is 22.8 Å². The van der Waals surface area contributed by atoms with Crippen molar-refractivity contribution in [1.29, 1.82) is 0 Å². The Bertz CT molecular complexity index is 1010. The van der Waals surface area contributed by atoms with E-state index in [9.17, 15) is 0 Å². The van der Waals surface area contributed by atoms with Gasteiger partial charge >= 0.3 is 0 Å². The Kier molecular flexibility index (Phi) is 4.14. The molecule has 0 atom stereocenters. The summed E-state index contributed by atoms with van der Waals surface area (Å²) in [5.74, 6) is 1.99. The number of hydrogen-bond donors (Lipinski definition) is 0. The molecule has 0 aliphatic heterocycles. The molecule has 0 amide bonds. The van der Waals surface area contributed by atoms with Gasteiger partial charge in [0.2, 0.25) is 5.16 Å². The summed E-state index contributed by atoms with van der Waals surface area (Å²) in [6, 6.07) is 12.1. The predicted octanol–water partition coefficient (Wildman–Crippen LogP) is 2.07. The van der Waals surface area contributed by atoms with Crippen LogP contribution in [0, 0.1) is 13.8 Å². The molecular weight excluding hydrogens is 336 g/mol. The first kappa shape index (κ1) is 15.7. The van der Waals surface area contributed by atoms with E-state index in [4.69, 9.17) is 0 Å². The van der Waals surface area contributed by atoms with E-state index in [1.54, 1.807) is 9.20 Å². The summed E-state index contributed by atoms with van der Waals surface area (Å²) in [6.45, 7) is 4.58. The van der Waals surface area contributed by atoms with Crippen LogP contribution in [0.5, 0.6) is 0 Å². The van der Waals surface area contributed by atoms with Crippen molar-refractivity contribution in [2.75, 3.05) is 0 Å². The first-order valence-electron chi connectivity index (χ1n) is 7.82. The lowest BCUT2D eigenvalue weighted by atomic mass is 10.2. The second-order valence-corrected chi connectivity index (χ2v) is 6.61. The molecule has 0 unspecified atom stereocenters. The maximum absolute atomic E-state index is 4.49. The van der Waals surface area contributed by atoms with E-state index >= 15 is 0 Å². The topological polar surface area (TPSA) is 86.7 Å². The smallest absolute Gasteiger partial charge is 0.224 e. The molecule has 126 valence electrons. The summed E-state index contributed by atoms with van der Waals surface area (Å²) >= 11 is 1.50. The van der Waals surface area contributed by atoms with Gasteiger partial charge in [0.05, 0.1) is 12.3 Å². The standard InChI is InChI=1S/C16H16N8S/c1-11-8-12(2)24-15(17-11)18-16(20-24)25-10-14-19-21-22-23(14)9-13-6-4-3-5-7-13/h3-8H,9-10H2,1-2H3. The maximum Gasteiger partial charge on any atom is 0.253 e. The molecule has 3 heterocycles. The Hall–Kier alpha value is -2.81. The number of tetrazole rings is 1. The van der Waals surface area contributed by atoms with E-state index in [1.165, 1.54) is 11.8 Å². The summed E-state index contributed by atoms with van der Waals surface area (Å²) in [4.78, 5) is 8.88. The van der Waals surface area contributed by atoms with E-state index in [1.807, 2.05) is 38.1 Å². The van der Waals surface area contributed by atoms with Crippen molar-refractivity contribution in [3.63, 3.8) is 0 Å². The number of aryl methyl sites for hydroxylation is 2. The lowest BCUT2D eigenvalue weighted by Gasteiger charge is -2.03. The second kappa shape index (κ2) is 6.60. The summed E-state index contributed by atoms with van der Waals surface area (Å²) in [5, 5.41) is 17.1. The van der Waals surface area contributed by atoms with Crippen molar-refractivity contribution >= 4 is 17.5 Å². The van der Waals surface area contributed by atoms with Gasteiger partial charge < -0.3 is 0 Å². The summed E-state index contributed by atoms with van der Waals surface area (Å²) in [5.41, 5.74) is 3.10. The van der Waals surface area contributed by atoms with Gasteiger partial charge in [-0.05, 0) is 35.9 Å². The first-order valence-corrected chi connectivity index (χ1v) is 8.80. The second-order valence-electron chi connectivity index (χ2n) is 5.67. The van der Waals surface area contributed by atoms with Gasteiger partial charge in [-0.2, -0.15) is 4.98 Å². The Labute approximate surface area is 148 Å². The average Bonchev–Trinajstić information content (AvgIpc) is 3.20. The zero-order chi connectivity index (χ0) is 17.2. The summed E-state index contributed by atoms with van der Waals surface area (Å²) in [7, 11) is 0. The minimum atomic E-state index is 0.592. The average molecular weight is 352 g/mol. The van der Waals surface area contributed by atoms with Crippen LogP contribution in [-0.2, 0) is 12.3 Å². The molecule has 8 nitrogen and oxygen atoms in total. The zero-order valence-electron chi connectivity index (χ0n) is 13.9. The Morgan fingerprint density at radius 3 is 2.76 bits per heavy atom. The third kappa shape index (κ3) is 3.36. The van der Waals surface area contributed by atoms with Crippen molar-refractivity contribution in [3.05, 3.63) is 59.2 Å². The number of benzene rings is 1. The Morgan fingerprint density at radius 1 is 1.08 bits per heavy atom. The molecule has 0 N–H and O–H groups in total. The zero-order valence-corrected chi connectivity index (χ0v) is 14.7. The third-order valence-electron chi connectivity index (χ3n) is 3.71. The van der Waals surface area contributed by atoms with E-state index in [-0.39, 0.29) is 0 Å². The molecule has 0 saturated heterocycles. The molecule has 0 bridgehead atoms. The van der Waals surface area contributed by atoms with Crippen LogP contribution in [0.2, 0.25) is 0 Å². The van der Waals surface area contributed by atoms with Crippen LogP contribution in [0.3, 0.4) is 0 Å². The molecule has 0 fully saturated rings. The fourth-order valence-corrected chi connectivity index (χ4v) is 3.29. The molecule has 3 aromatic heterocycles. The monoisotopic (exact) mass is 352 g/mol. The first-order chi connectivity index (χ1) is 12.2. The van der Waals surface area contributed by atoms with Crippen molar-refractivity contribution < 1.29 is 0 Å². The van der Waals surface area contributed by atoms with Crippen molar-refractivity contribution in [3.8, 4) is 0 Å². The highest BCUT2D eigenvalue weighted by atomic mass is 32.2. The number of nitrogens with zero attached hydrogens (tertiary/aromatic N) is 8. The molecule has 0 aliphatic rings. The molecular formula is C16H16N8S. The fourth-order valence-electron chi connectivity index (χ4n) is 2.54. The van der Waals surface area contributed by atoms with Gasteiger partial charge in [-0.15, -0.1) is 10.2 Å². The van der Waals surface area contributed by atoms with Crippen LogP contribution in [0.15, 0.2) is 41.6 Å². The van der Waals surface area contributed by atoms with Gasteiger partial charge in [0.25, 0.3) is 5.78 Å². The quantitative estimate of drug-likeness (QED) is 0.508. The molecule has 4 aromatic rings. The Balaban J connectivity index is 1.51. The van der Waals surface area contributed by atoms with Crippen LogP contribution in [-0.4, -0.2) is 39.8 Å². The molecule has 1 aromatic carbocycles. The molecule has 0 aliphatic carbocycles. The lowest BCUT2D eigenvalue weighted by molar-refractivity contribution is 0.631. The fraction of sp³-hybridized carbons (Fsp3) is 0.250. The lowest BCUT2D eigenvalue weighted by Crippen LogP contribution is -2.06. The summed E-state index contributed by atoms with van der Waals surface area (Å²) in [6.07, 6.45) is 0. The number of fused-ring (bicyclic) bond motifs is 1. The molecule has 4 rings (SSSR count). The molecule has 0 spiro atoms. The minimum Gasteiger partial charge on any atom is -0.224 e. The highest BCUT2D eigenvalue weighted by molar-refractivity contribution is 7.98. The number of thioether (sulfide) groups is 1. The van der Waals surface area contributed by atoms with Crippen molar-refractivity contribution in [1.82, 2.24) is 39.8 Å². The van der Waals surface area contributed by atoms with Gasteiger partial charge in [-0.3, -0.25) is 0 Å². The molecule has 9 heteroatoms. The van der Waals surface area contributed by atoms with Crippen LogP contribution < -0.4 is 0 Å². The largest absolute Gasteiger partial charge is 0.253 e. The van der Waals surface area contributed by atoms with E-state index < -0.39 is 0 Å². The molecule has 25 heavy (non-hydrogen) atoms. The van der Waals surface area contributed by atoms with Gasteiger partial charge in [0, 0.05) is 11.4 Å². The highest BCUT2D eigenvalue weighted by Gasteiger charge is 2.12. The minimum absolute atomic E-state index is 0.592.